The maximum atomic E-state index is 12.4. The highest BCUT2D eigenvalue weighted by molar-refractivity contribution is 5.74. The van der Waals surface area contributed by atoms with Crippen LogP contribution in [0, 0.1) is 13.8 Å². The number of methoxy groups -OCH3 is 1. The van der Waals surface area contributed by atoms with Crippen LogP contribution in [-0.4, -0.2) is 57.4 Å². The molecule has 3 rings (SSSR count). The maximum absolute atomic E-state index is 12.4. The lowest BCUT2D eigenvalue weighted by atomic mass is 10.1. The minimum atomic E-state index is -0.0296. The molecule has 0 radical (unpaired) electrons. The molecule has 1 N–H and O–H groups in total. The second-order valence-electron chi connectivity index (χ2n) is 7.00. The van der Waals surface area contributed by atoms with Crippen molar-refractivity contribution in [2.24, 2.45) is 0 Å². The second kappa shape index (κ2) is 9.35. The van der Waals surface area contributed by atoms with Crippen molar-refractivity contribution < 1.29 is 14.3 Å². The van der Waals surface area contributed by atoms with Crippen LogP contribution < -0.4 is 19.7 Å². The number of benzene rings is 2. The van der Waals surface area contributed by atoms with Gasteiger partial charge in [0.25, 0.3) is 0 Å². The molecule has 0 aromatic heterocycles. The number of amides is 2. The number of nitrogens with one attached hydrogen (secondary N) is 1. The lowest BCUT2D eigenvalue weighted by molar-refractivity contribution is 0.191. The fourth-order valence-corrected chi connectivity index (χ4v) is 3.20. The van der Waals surface area contributed by atoms with Gasteiger partial charge in [0.05, 0.1) is 13.7 Å². The normalized spacial score (nSPS) is 14.0. The van der Waals surface area contributed by atoms with Gasteiger partial charge in [-0.25, -0.2) is 4.79 Å². The molecular weight excluding hydrogens is 354 g/mol. The quantitative estimate of drug-likeness (QED) is 0.778. The largest absolute Gasteiger partial charge is 0.497 e. The van der Waals surface area contributed by atoms with Crippen molar-refractivity contribution in [2.45, 2.75) is 13.8 Å². The van der Waals surface area contributed by atoms with Crippen molar-refractivity contribution in [2.75, 3.05) is 51.3 Å². The Bertz CT molecular complexity index is 784. The molecule has 0 aliphatic carbocycles. The molecule has 2 amide bonds. The van der Waals surface area contributed by atoms with Crippen LogP contribution in [0.2, 0.25) is 0 Å². The van der Waals surface area contributed by atoms with Gasteiger partial charge >= 0.3 is 6.03 Å². The molecule has 1 heterocycles. The summed E-state index contributed by atoms with van der Waals surface area (Å²) in [5.41, 5.74) is 3.84. The highest BCUT2D eigenvalue weighted by atomic mass is 16.5. The molecule has 0 bridgehead atoms. The Morgan fingerprint density at radius 2 is 1.64 bits per heavy atom. The molecule has 1 aliphatic heterocycles. The summed E-state index contributed by atoms with van der Waals surface area (Å²) in [7, 11) is 1.63. The monoisotopic (exact) mass is 383 g/mol. The number of anilines is 1. The smallest absolute Gasteiger partial charge is 0.317 e. The third-order valence-corrected chi connectivity index (χ3v) is 5.13. The Balaban J connectivity index is 1.38. The van der Waals surface area contributed by atoms with E-state index >= 15 is 0 Å². The molecular formula is C22H29N3O3. The first-order valence-corrected chi connectivity index (χ1v) is 9.68. The number of carbonyl (C=O) groups excluding carboxylic acids is 1. The van der Waals surface area contributed by atoms with Crippen molar-refractivity contribution in [3.63, 3.8) is 0 Å². The fraction of sp³-hybridized carbons (Fsp3) is 0.409. The Morgan fingerprint density at radius 1 is 0.964 bits per heavy atom. The van der Waals surface area contributed by atoms with Gasteiger partial charge in [0, 0.05) is 31.9 Å². The number of carbonyl (C=O) groups is 1. The summed E-state index contributed by atoms with van der Waals surface area (Å²) in [6.45, 7) is 8.30. The van der Waals surface area contributed by atoms with Crippen molar-refractivity contribution in [3.8, 4) is 11.5 Å². The molecule has 2 aromatic rings. The van der Waals surface area contributed by atoms with E-state index in [2.05, 4.69) is 42.3 Å². The van der Waals surface area contributed by atoms with Gasteiger partial charge in [-0.3, -0.25) is 0 Å². The number of aryl methyl sites for hydroxylation is 2. The number of hydrogen-bond acceptors (Lipinski definition) is 4. The average Bonchev–Trinajstić information content (AvgIpc) is 2.73. The zero-order chi connectivity index (χ0) is 19.9. The third kappa shape index (κ3) is 5.09. The summed E-state index contributed by atoms with van der Waals surface area (Å²) in [5.74, 6) is 1.55. The average molecular weight is 383 g/mol. The molecule has 1 saturated heterocycles. The number of nitrogens with zero attached hydrogens (tertiary/aromatic N) is 2. The predicted molar refractivity (Wildman–Crippen MR) is 112 cm³/mol. The van der Waals surface area contributed by atoms with Crippen molar-refractivity contribution in [1.82, 2.24) is 10.2 Å². The summed E-state index contributed by atoms with van der Waals surface area (Å²) in [6, 6.07) is 13.9. The zero-order valence-electron chi connectivity index (χ0n) is 16.9. The van der Waals surface area contributed by atoms with Crippen LogP contribution in [0.4, 0.5) is 10.5 Å². The number of urea groups is 1. The van der Waals surface area contributed by atoms with E-state index in [-0.39, 0.29) is 6.03 Å². The molecule has 1 aliphatic rings. The lowest BCUT2D eigenvalue weighted by Crippen LogP contribution is -2.52. The Morgan fingerprint density at radius 3 is 2.29 bits per heavy atom. The first-order valence-electron chi connectivity index (χ1n) is 9.68. The van der Waals surface area contributed by atoms with E-state index in [9.17, 15) is 4.79 Å². The summed E-state index contributed by atoms with van der Waals surface area (Å²) in [6.07, 6.45) is 0. The van der Waals surface area contributed by atoms with Crippen LogP contribution in [-0.2, 0) is 0 Å². The van der Waals surface area contributed by atoms with Crippen LogP contribution in [0.15, 0.2) is 42.5 Å². The molecule has 0 spiro atoms. The highest BCUT2D eigenvalue weighted by Crippen LogP contribution is 2.20. The minimum Gasteiger partial charge on any atom is -0.497 e. The van der Waals surface area contributed by atoms with E-state index in [0.717, 1.165) is 37.7 Å². The predicted octanol–water partition coefficient (Wildman–Crippen LogP) is 3.22. The van der Waals surface area contributed by atoms with Crippen molar-refractivity contribution >= 4 is 11.7 Å². The molecule has 0 atom stereocenters. The van der Waals surface area contributed by atoms with Crippen molar-refractivity contribution in [1.29, 1.82) is 0 Å². The van der Waals surface area contributed by atoms with Crippen LogP contribution in [0.3, 0.4) is 0 Å². The van der Waals surface area contributed by atoms with E-state index < -0.39 is 0 Å². The summed E-state index contributed by atoms with van der Waals surface area (Å²) in [4.78, 5) is 16.6. The SMILES string of the molecule is COc1ccc(OCCNC(=O)N2CCN(c3ccc(C)c(C)c3)CC2)cc1. The molecule has 6 heteroatoms. The van der Waals surface area contributed by atoms with Crippen LogP contribution >= 0.6 is 0 Å². The fourth-order valence-electron chi connectivity index (χ4n) is 3.20. The molecule has 28 heavy (non-hydrogen) atoms. The van der Waals surface area contributed by atoms with Gasteiger partial charge in [0.2, 0.25) is 0 Å². The summed E-state index contributed by atoms with van der Waals surface area (Å²) < 4.78 is 10.8. The first-order chi connectivity index (χ1) is 13.6. The van der Waals surface area contributed by atoms with Crippen LogP contribution in [0.1, 0.15) is 11.1 Å². The Hall–Kier alpha value is -2.89. The molecule has 0 saturated carbocycles. The first kappa shape index (κ1) is 19.9. The molecule has 150 valence electrons. The molecule has 6 nitrogen and oxygen atoms in total. The molecule has 2 aromatic carbocycles. The number of ether oxygens (including phenoxy) is 2. The van der Waals surface area contributed by atoms with Gasteiger partial charge in [0.1, 0.15) is 18.1 Å². The number of hydrogen-bond donors (Lipinski definition) is 1. The third-order valence-electron chi connectivity index (χ3n) is 5.13. The van der Waals surface area contributed by atoms with Crippen LogP contribution in [0.25, 0.3) is 0 Å². The van der Waals surface area contributed by atoms with E-state index in [4.69, 9.17) is 9.47 Å². The summed E-state index contributed by atoms with van der Waals surface area (Å²) >= 11 is 0. The Kier molecular flexibility index (Phi) is 6.63. The van der Waals surface area contributed by atoms with Gasteiger partial charge in [-0.1, -0.05) is 6.07 Å². The minimum absolute atomic E-state index is 0.0296. The van der Waals surface area contributed by atoms with Gasteiger partial charge < -0.3 is 24.6 Å². The van der Waals surface area contributed by atoms with Crippen LogP contribution in [0.5, 0.6) is 11.5 Å². The van der Waals surface area contributed by atoms with Gasteiger partial charge in [-0.2, -0.15) is 0 Å². The number of piperazine rings is 1. The molecule has 0 unspecified atom stereocenters. The van der Waals surface area contributed by atoms with Crippen molar-refractivity contribution in [3.05, 3.63) is 53.6 Å². The summed E-state index contributed by atoms with van der Waals surface area (Å²) in [5, 5.41) is 2.94. The van der Waals surface area contributed by atoms with E-state index in [1.807, 2.05) is 29.2 Å². The maximum Gasteiger partial charge on any atom is 0.317 e. The standard InChI is InChI=1S/C22H29N3O3/c1-17-4-5-19(16-18(17)2)24-11-13-25(14-12-24)22(26)23-10-15-28-21-8-6-20(27-3)7-9-21/h4-9,16H,10-15H2,1-3H3,(H,23,26). The zero-order valence-corrected chi connectivity index (χ0v) is 16.9. The topological polar surface area (TPSA) is 54.0 Å². The highest BCUT2D eigenvalue weighted by Gasteiger charge is 2.21. The van der Waals surface area contributed by atoms with Gasteiger partial charge in [-0.15, -0.1) is 0 Å². The van der Waals surface area contributed by atoms with E-state index in [0.29, 0.717) is 13.2 Å². The lowest BCUT2D eigenvalue weighted by Gasteiger charge is -2.36. The molecule has 1 fully saturated rings. The number of rotatable bonds is 6. The second-order valence-corrected chi connectivity index (χ2v) is 7.00. The van der Waals surface area contributed by atoms with E-state index in [1.165, 1.54) is 16.8 Å². The van der Waals surface area contributed by atoms with Gasteiger partial charge in [-0.05, 0) is 61.4 Å². The van der Waals surface area contributed by atoms with Gasteiger partial charge in [0.15, 0.2) is 0 Å². The Labute approximate surface area is 167 Å². The van der Waals surface area contributed by atoms with E-state index in [1.54, 1.807) is 7.11 Å².